The highest BCUT2D eigenvalue weighted by atomic mass is 127. The summed E-state index contributed by atoms with van der Waals surface area (Å²) in [6, 6.07) is 4.94. The molecule has 13 heavy (non-hydrogen) atoms. The molecule has 0 aliphatic heterocycles. The molecular formula is C9H8FIO2. The number of hydrogen-bond donors (Lipinski definition) is 0. The summed E-state index contributed by atoms with van der Waals surface area (Å²) in [5, 5.41) is 0. The van der Waals surface area contributed by atoms with Crippen molar-refractivity contribution in [3.8, 4) is 0 Å². The number of carbonyl (C=O) groups excluding carboxylic acids is 1. The Morgan fingerprint density at radius 2 is 2.31 bits per heavy atom. The highest BCUT2D eigenvalue weighted by Crippen LogP contribution is 2.15. The topological polar surface area (TPSA) is 26.3 Å². The lowest BCUT2D eigenvalue weighted by Gasteiger charge is -2.02. The maximum absolute atomic E-state index is 13.3. The van der Waals surface area contributed by atoms with Crippen LogP contribution in [-0.2, 0) is 16.0 Å². The molecule has 0 aromatic heterocycles. The summed E-state index contributed by atoms with van der Waals surface area (Å²) in [5.41, 5.74) is 0.374. The van der Waals surface area contributed by atoms with E-state index in [-0.39, 0.29) is 12.2 Å². The van der Waals surface area contributed by atoms with Crippen molar-refractivity contribution in [1.82, 2.24) is 0 Å². The van der Waals surface area contributed by atoms with Crippen molar-refractivity contribution in [2.45, 2.75) is 6.42 Å². The first-order valence-corrected chi connectivity index (χ1v) is 4.72. The summed E-state index contributed by atoms with van der Waals surface area (Å²) in [5.74, 6) is -0.769. The van der Waals surface area contributed by atoms with E-state index in [0.717, 1.165) is 0 Å². The van der Waals surface area contributed by atoms with Crippen molar-refractivity contribution in [3.05, 3.63) is 33.1 Å². The third-order valence-electron chi connectivity index (χ3n) is 1.59. The summed E-state index contributed by atoms with van der Waals surface area (Å²) in [6.07, 6.45) is -0.0147. The molecule has 70 valence electrons. The lowest BCUT2D eigenvalue weighted by atomic mass is 10.1. The number of rotatable bonds is 2. The van der Waals surface area contributed by atoms with Crippen molar-refractivity contribution >= 4 is 28.6 Å². The smallest absolute Gasteiger partial charge is 0.310 e. The Morgan fingerprint density at radius 1 is 1.62 bits per heavy atom. The Hall–Kier alpha value is -0.650. The molecule has 0 amide bonds. The van der Waals surface area contributed by atoms with Crippen molar-refractivity contribution in [2.24, 2.45) is 0 Å². The minimum atomic E-state index is -0.430. The molecule has 2 nitrogen and oxygen atoms in total. The zero-order chi connectivity index (χ0) is 9.84. The van der Waals surface area contributed by atoms with Crippen molar-refractivity contribution < 1.29 is 13.9 Å². The predicted molar refractivity (Wildman–Crippen MR) is 54.8 cm³/mol. The van der Waals surface area contributed by atoms with Gasteiger partial charge in [-0.05, 0) is 28.7 Å². The first-order valence-electron chi connectivity index (χ1n) is 3.65. The molecule has 1 aromatic carbocycles. The summed E-state index contributed by atoms with van der Waals surface area (Å²) in [4.78, 5) is 10.9. The minimum absolute atomic E-state index is 0.0147. The molecule has 0 radical (unpaired) electrons. The van der Waals surface area contributed by atoms with Crippen LogP contribution in [0.2, 0.25) is 0 Å². The van der Waals surface area contributed by atoms with E-state index in [4.69, 9.17) is 0 Å². The van der Waals surface area contributed by atoms with Crippen LogP contribution in [0.25, 0.3) is 0 Å². The van der Waals surface area contributed by atoms with E-state index in [9.17, 15) is 9.18 Å². The van der Waals surface area contributed by atoms with E-state index < -0.39 is 5.97 Å². The highest BCUT2D eigenvalue weighted by Gasteiger charge is 2.09. The molecule has 0 atom stereocenters. The van der Waals surface area contributed by atoms with E-state index >= 15 is 0 Å². The quantitative estimate of drug-likeness (QED) is 0.617. The SMILES string of the molecule is COC(=O)Cc1cccc(I)c1F. The fourth-order valence-electron chi connectivity index (χ4n) is 0.913. The number of hydrogen-bond acceptors (Lipinski definition) is 2. The number of methoxy groups -OCH3 is 1. The van der Waals surface area contributed by atoms with Gasteiger partial charge in [-0.1, -0.05) is 12.1 Å². The summed E-state index contributed by atoms with van der Waals surface area (Å²) in [7, 11) is 1.29. The largest absolute Gasteiger partial charge is 0.469 e. The van der Waals surface area contributed by atoms with Crippen LogP contribution in [0.4, 0.5) is 4.39 Å². The van der Waals surface area contributed by atoms with Gasteiger partial charge >= 0.3 is 5.97 Å². The van der Waals surface area contributed by atoms with Crippen LogP contribution in [0.15, 0.2) is 18.2 Å². The monoisotopic (exact) mass is 294 g/mol. The highest BCUT2D eigenvalue weighted by molar-refractivity contribution is 14.1. The van der Waals surface area contributed by atoms with Gasteiger partial charge in [-0.25, -0.2) is 4.39 Å². The van der Waals surface area contributed by atoms with Gasteiger partial charge in [0.1, 0.15) is 5.82 Å². The molecule has 0 saturated heterocycles. The van der Waals surface area contributed by atoms with Crippen LogP contribution in [-0.4, -0.2) is 13.1 Å². The van der Waals surface area contributed by atoms with Gasteiger partial charge in [-0.3, -0.25) is 4.79 Å². The van der Waals surface area contributed by atoms with Gasteiger partial charge < -0.3 is 4.74 Å². The number of esters is 1. The summed E-state index contributed by atoms with van der Waals surface area (Å²) < 4.78 is 18.2. The Morgan fingerprint density at radius 3 is 2.92 bits per heavy atom. The number of carbonyl (C=O) groups is 1. The van der Waals surface area contributed by atoms with E-state index in [0.29, 0.717) is 9.13 Å². The van der Waals surface area contributed by atoms with Crippen LogP contribution in [0.5, 0.6) is 0 Å². The molecule has 1 aromatic rings. The van der Waals surface area contributed by atoms with Crippen molar-refractivity contribution in [2.75, 3.05) is 7.11 Å². The predicted octanol–water partition coefficient (Wildman–Crippen LogP) is 2.15. The minimum Gasteiger partial charge on any atom is -0.469 e. The Balaban J connectivity index is 2.89. The number of ether oxygens (including phenoxy) is 1. The van der Waals surface area contributed by atoms with E-state index in [1.54, 1.807) is 18.2 Å². The average Bonchev–Trinajstić information content (AvgIpc) is 2.13. The van der Waals surface area contributed by atoms with Gasteiger partial charge in [0.2, 0.25) is 0 Å². The molecule has 1 rings (SSSR count). The zero-order valence-electron chi connectivity index (χ0n) is 7.01. The first-order chi connectivity index (χ1) is 6.15. The van der Waals surface area contributed by atoms with Crippen LogP contribution in [0, 0.1) is 9.39 Å². The number of halogens is 2. The van der Waals surface area contributed by atoms with Gasteiger partial charge in [0, 0.05) is 9.13 Å². The molecule has 0 fully saturated rings. The van der Waals surface area contributed by atoms with Crippen molar-refractivity contribution in [3.63, 3.8) is 0 Å². The van der Waals surface area contributed by atoms with Gasteiger partial charge in [0.15, 0.2) is 0 Å². The lowest BCUT2D eigenvalue weighted by Crippen LogP contribution is -2.06. The Bertz CT molecular complexity index is 325. The molecule has 0 aliphatic rings. The molecule has 0 saturated carbocycles. The fraction of sp³-hybridized carbons (Fsp3) is 0.222. The van der Waals surface area contributed by atoms with Crippen LogP contribution in [0.1, 0.15) is 5.56 Å². The normalized spacial score (nSPS) is 9.77. The van der Waals surface area contributed by atoms with E-state index in [1.165, 1.54) is 7.11 Å². The van der Waals surface area contributed by atoms with E-state index in [2.05, 4.69) is 4.74 Å². The Labute approximate surface area is 89.2 Å². The first kappa shape index (κ1) is 10.4. The Kier molecular flexibility index (Phi) is 3.65. The second-order valence-electron chi connectivity index (χ2n) is 2.47. The van der Waals surface area contributed by atoms with Crippen molar-refractivity contribution in [1.29, 1.82) is 0 Å². The molecule has 0 spiro atoms. The second-order valence-corrected chi connectivity index (χ2v) is 3.63. The molecule has 4 heteroatoms. The fourth-order valence-corrected chi connectivity index (χ4v) is 1.47. The average molecular weight is 294 g/mol. The lowest BCUT2D eigenvalue weighted by molar-refractivity contribution is -0.139. The van der Waals surface area contributed by atoms with Gasteiger partial charge in [0.25, 0.3) is 0 Å². The van der Waals surface area contributed by atoms with Gasteiger partial charge in [0.05, 0.1) is 13.5 Å². The third-order valence-corrected chi connectivity index (χ3v) is 2.43. The van der Waals surface area contributed by atoms with Crippen LogP contribution < -0.4 is 0 Å². The molecule has 0 heterocycles. The standard InChI is InChI=1S/C9H8FIO2/c1-13-8(12)5-6-3-2-4-7(11)9(6)10/h2-4H,5H2,1H3. The third kappa shape index (κ3) is 2.65. The maximum Gasteiger partial charge on any atom is 0.310 e. The zero-order valence-corrected chi connectivity index (χ0v) is 9.17. The number of benzene rings is 1. The molecule has 0 N–H and O–H groups in total. The second kappa shape index (κ2) is 4.55. The maximum atomic E-state index is 13.3. The van der Waals surface area contributed by atoms with Gasteiger partial charge in [-0.15, -0.1) is 0 Å². The molecule has 0 unspecified atom stereocenters. The summed E-state index contributed by atoms with van der Waals surface area (Å²) in [6.45, 7) is 0. The van der Waals surface area contributed by atoms with Gasteiger partial charge in [-0.2, -0.15) is 0 Å². The van der Waals surface area contributed by atoms with Crippen LogP contribution in [0.3, 0.4) is 0 Å². The van der Waals surface area contributed by atoms with Crippen LogP contribution >= 0.6 is 22.6 Å². The molecular weight excluding hydrogens is 286 g/mol. The molecule has 0 bridgehead atoms. The summed E-state index contributed by atoms with van der Waals surface area (Å²) >= 11 is 1.88. The van der Waals surface area contributed by atoms with E-state index in [1.807, 2.05) is 22.6 Å². The molecule has 0 aliphatic carbocycles.